The van der Waals surface area contributed by atoms with Crippen molar-refractivity contribution < 1.29 is 38.6 Å². The van der Waals surface area contributed by atoms with Gasteiger partial charge in [-0.1, -0.05) is 48.0 Å². The molecule has 1 aliphatic rings. The fraction of sp³-hybridized carbons (Fsp3) is 0.388. The fourth-order valence-electron chi connectivity index (χ4n) is 7.44. The first-order chi connectivity index (χ1) is 31.6. The molecule has 0 unspecified atom stereocenters. The highest BCUT2D eigenvalue weighted by atomic mass is 35.5. The molecule has 4 bridgehead atoms. The number of likely N-dealkylation sites (N-methyl/N-ethyl adjacent to an activating group) is 2. The van der Waals surface area contributed by atoms with Gasteiger partial charge in [-0.2, -0.15) is 0 Å². The van der Waals surface area contributed by atoms with E-state index in [1.165, 1.54) is 38.8 Å². The number of hydrogen-bond acceptors (Lipinski definition) is 11. The highest BCUT2D eigenvalue weighted by Gasteiger charge is 2.36. The number of amides is 5. The van der Waals surface area contributed by atoms with Gasteiger partial charge in [0.05, 0.1) is 6.04 Å². The van der Waals surface area contributed by atoms with Crippen LogP contribution in [-0.2, 0) is 30.4 Å². The van der Waals surface area contributed by atoms with Crippen molar-refractivity contribution in [3.8, 4) is 33.8 Å². The van der Waals surface area contributed by atoms with Crippen molar-refractivity contribution in [2.45, 2.75) is 76.7 Å². The number of fused-ring (bicyclic) bond motifs is 5. The topological polar surface area (TPSA) is 233 Å². The van der Waals surface area contributed by atoms with Crippen LogP contribution >= 0.6 is 11.6 Å². The molecular formula is C49H61ClN8O8. The number of ether oxygens (including phenoxy) is 1. The van der Waals surface area contributed by atoms with Crippen LogP contribution in [0.5, 0.6) is 11.5 Å². The number of rotatable bonds is 19. The maximum atomic E-state index is 14.8. The number of carbonyl (C=O) groups excluding carboxylic acids is 6. The van der Waals surface area contributed by atoms with Crippen LogP contribution in [0.2, 0.25) is 5.02 Å². The number of benzene rings is 4. The lowest BCUT2D eigenvalue weighted by Gasteiger charge is -2.32. The van der Waals surface area contributed by atoms with E-state index in [-0.39, 0.29) is 31.0 Å². The average molecular weight is 926 g/mol. The van der Waals surface area contributed by atoms with Crippen molar-refractivity contribution in [1.82, 2.24) is 36.8 Å². The van der Waals surface area contributed by atoms with Gasteiger partial charge in [-0.15, -0.1) is 0 Å². The number of unbranched alkanes of at least 4 members (excludes halogenated alkanes) is 1. The zero-order valence-corrected chi connectivity index (χ0v) is 38.8. The molecule has 9 N–H and O–H groups in total. The Balaban J connectivity index is 1.55. The zero-order valence-electron chi connectivity index (χ0n) is 38.0. The van der Waals surface area contributed by atoms with Gasteiger partial charge in [0, 0.05) is 54.8 Å². The molecule has 0 aromatic heterocycles. The van der Waals surface area contributed by atoms with E-state index in [0.29, 0.717) is 71.1 Å². The number of carbonyl (C=O) groups is 6. The number of ketones is 1. The van der Waals surface area contributed by atoms with Crippen LogP contribution in [0.4, 0.5) is 0 Å². The number of halogens is 1. The van der Waals surface area contributed by atoms with Crippen LogP contribution in [0, 0.1) is 0 Å². The summed E-state index contributed by atoms with van der Waals surface area (Å²) in [6.45, 7) is 6.86. The molecule has 0 radical (unpaired) electrons. The summed E-state index contributed by atoms with van der Waals surface area (Å²) in [6, 6.07) is 18.2. The molecule has 66 heavy (non-hydrogen) atoms. The standard InChI is InChI=1S/C49H61ClN8O8/c1-29(31(3)59)54-47(63)41-27-32-9-19-42(60)38(26-32)39-28-36(16-20-43(39)66-25-24-53-23-22-52-4)44(48(64)55-30(2)45(61)57-41)58(5)49(65)40(8-6-7-21-51)56-46(62)35-12-10-33(11-13-35)34-14-17-37(50)18-15-34/h9-20,26,28-30,40-41,44,52-53,60H,6-8,21-25,27,51H2,1-5H3,(H,54,63)(H,55,64)(H,56,62)(H,57,61)/t29-,30-,40-,41-,44-/m0/s1. The third kappa shape index (κ3) is 13.6. The quantitative estimate of drug-likeness (QED) is 0.0633. The largest absolute Gasteiger partial charge is 0.507 e. The Labute approximate surface area is 390 Å². The van der Waals surface area contributed by atoms with E-state index in [0.717, 1.165) is 17.7 Å². The molecule has 5 rings (SSSR count). The van der Waals surface area contributed by atoms with Gasteiger partial charge in [-0.3, -0.25) is 28.8 Å². The van der Waals surface area contributed by atoms with E-state index < -0.39 is 59.7 Å². The SMILES string of the molecule is CNCCNCCOc1ccc2cc1-c1cc(ccc1O)C[C@@H](C(=O)N[C@@H](C)C(C)=O)NC(=O)[C@H](C)NC(=O)[C@H]2N(C)C(=O)[C@H](CCCCN)NC(=O)c1ccc(-c2ccc(Cl)cc2)cc1. The number of phenols is 1. The summed E-state index contributed by atoms with van der Waals surface area (Å²) >= 11 is 6.07. The van der Waals surface area contributed by atoms with Crippen molar-refractivity contribution in [2.75, 3.05) is 46.9 Å². The van der Waals surface area contributed by atoms with E-state index in [2.05, 4.69) is 31.9 Å². The van der Waals surface area contributed by atoms with Crippen molar-refractivity contribution in [2.24, 2.45) is 5.73 Å². The van der Waals surface area contributed by atoms with Gasteiger partial charge in [0.1, 0.15) is 42.3 Å². The van der Waals surface area contributed by atoms with Crippen molar-refractivity contribution in [3.05, 3.63) is 107 Å². The lowest BCUT2D eigenvalue weighted by molar-refractivity contribution is -0.141. The van der Waals surface area contributed by atoms with Crippen LogP contribution in [0.15, 0.2) is 84.9 Å². The number of aromatic hydroxyl groups is 1. The van der Waals surface area contributed by atoms with Crippen molar-refractivity contribution in [1.29, 1.82) is 0 Å². The fourth-order valence-corrected chi connectivity index (χ4v) is 7.56. The third-order valence-corrected chi connectivity index (χ3v) is 11.7. The first-order valence-electron chi connectivity index (χ1n) is 22.1. The minimum absolute atomic E-state index is 0.0367. The van der Waals surface area contributed by atoms with Crippen LogP contribution in [0.3, 0.4) is 0 Å². The molecule has 0 aliphatic carbocycles. The molecule has 1 aliphatic heterocycles. The zero-order chi connectivity index (χ0) is 47.9. The molecule has 0 fully saturated rings. The summed E-state index contributed by atoms with van der Waals surface area (Å²) in [4.78, 5) is 84.0. The minimum Gasteiger partial charge on any atom is -0.507 e. The lowest BCUT2D eigenvalue weighted by Crippen LogP contribution is -2.56. The second-order valence-electron chi connectivity index (χ2n) is 16.4. The second-order valence-corrected chi connectivity index (χ2v) is 16.8. The van der Waals surface area contributed by atoms with Crippen molar-refractivity contribution >= 4 is 46.9 Å². The molecule has 16 nitrogen and oxygen atoms in total. The van der Waals surface area contributed by atoms with E-state index in [1.54, 1.807) is 66.7 Å². The second kappa shape index (κ2) is 24.3. The predicted octanol–water partition coefficient (Wildman–Crippen LogP) is 3.63. The van der Waals surface area contributed by atoms with E-state index >= 15 is 0 Å². The number of phenolic OH excluding ortho intramolecular Hbond substituents is 1. The van der Waals surface area contributed by atoms with Crippen molar-refractivity contribution in [3.63, 3.8) is 0 Å². The average Bonchev–Trinajstić information content (AvgIpc) is 3.30. The Morgan fingerprint density at radius 3 is 2.24 bits per heavy atom. The van der Waals surface area contributed by atoms with Gasteiger partial charge < -0.3 is 52.4 Å². The predicted molar refractivity (Wildman–Crippen MR) is 254 cm³/mol. The van der Waals surface area contributed by atoms with Crippen LogP contribution in [-0.4, -0.2) is 116 Å². The van der Waals surface area contributed by atoms with Crippen LogP contribution in [0.25, 0.3) is 22.3 Å². The van der Waals surface area contributed by atoms with E-state index in [4.69, 9.17) is 22.1 Å². The Hall–Kier alpha value is -6.33. The summed E-state index contributed by atoms with van der Waals surface area (Å²) in [5.41, 5.74) is 9.45. The monoisotopic (exact) mass is 924 g/mol. The van der Waals surface area contributed by atoms with Gasteiger partial charge in [-0.05, 0) is 124 Å². The van der Waals surface area contributed by atoms with E-state index in [9.17, 15) is 33.9 Å². The van der Waals surface area contributed by atoms with Gasteiger partial charge in [0.15, 0.2) is 5.78 Å². The smallest absolute Gasteiger partial charge is 0.251 e. The number of hydrogen-bond donors (Lipinski definition) is 8. The summed E-state index contributed by atoms with van der Waals surface area (Å²) in [5, 5.41) is 29.4. The maximum absolute atomic E-state index is 14.8. The molecule has 352 valence electrons. The maximum Gasteiger partial charge on any atom is 0.251 e. The highest BCUT2D eigenvalue weighted by Crippen LogP contribution is 2.39. The first kappa shape index (κ1) is 50.7. The Morgan fingerprint density at radius 2 is 1.58 bits per heavy atom. The molecule has 17 heteroatoms. The molecule has 4 aromatic carbocycles. The minimum atomic E-state index is -1.39. The molecule has 1 heterocycles. The molecular weight excluding hydrogens is 864 g/mol. The highest BCUT2D eigenvalue weighted by molar-refractivity contribution is 6.30. The Bertz CT molecular complexity index is 2350. The molecule has 0 saturated heterocycles. The molecule has 5 atom stereocenters. The first-order valence-corrected chi connectivity index (χ1v) is 22.5. The van der Waals surface area contributed by atoms with Crippen LogP contribution in [0.1, 0.15) is 67.6 Å². The van der Waals surface area contributed by atoms with Gasteiger partial charge in [0.2, 0.25) is 23.6 Å². The summed E-state index contributed by atoms with van der Waals surface area (Å²) in [6.07, 6.45) is 1.22. The van der Waals surface area contributed by atoms with Crippen LogP contribution < -0.4 is 42.4 Å². The van der Waals surface area contributed by atoms with Gasteiger partial charge >= 0.3 is 0 Å². The van der Waals surface area contributed by atoms with E-state index in [1.807, 2.05) is 19.2 Å². The number of nitrogens with one attached hydrogen (secondary N) is 6. The third-order valence-electron chi connectivity index (χ3n) is 11.4. The number of nitrogens with two attached hydrogens (primary N) is 1. The number of nitrogens with zero attached hydrogens (tertiary/aromatic N) is 1. The molecule has 4 aromatic rings. The van der Waals surface area contributed by atoms with Gasteiger partial charge in [0.25, 0.3) is 5.91 Å². The molecule has 5 amide bonds. The van der Waals surface area contributed by atoms with Gasteiger partial charge in [-0.25, -0.2) is 0 Å². The lowest BCUT2D eigenvalue weighted by atomic mass is 9.93. The normalized spacial score (nSPS) is 17.0. The summed E-state index contributed by atoms with van der Waals surface area (Å²) in [7, 11) is 3.30. The summed E-state index contributed by atoms with van der Waals surface area (Å²) in [5.74, 6) is -3.24. The number of Topliss-reactive ketones (excluding diaryl/α,β-unsaturated/α-hetero) is 1. The molecule has 0 spiro atoms. The molecule has 0 saturated carbocycles. The Kier molecular flexibility index (Phi) is 18.6. The Morgan fingerprint density at radius 1 is 0.879 bits per heavy atom. The summed E-state index contributed by atoms with van der Waals surface area (Å²) < 4.78 is 6.27.